The lowest BCUT2D eigenvalue weighted by Gasteiger charge is -2.47. The van der Waals surface area contributed by atoms with Crippen molar-refractivity contribution in [2.45, 2.75) is 38.8 Å². The number of phenols is 1. The van der Waals surface area contributed by atoms with Gasteiger partial charge in [-0.1, -0.05) is 18.5 Å². The van der Waals surface area contributed by atoms with E-state index in [4.69, 9.17) is 16.3 Å². The van der Waals surface area contributed by atoms with E-state index >= 15 is 0 Å². The minimum absolute atomic E-state index is 0.0664. The van der Waals surface area contributed by atoms with Crippen LogP contribution in [0.15, 0.2) is 24.3 Å². The number of anilines is 1. The summed E-state index contributed by atoms with van der Waals surface area (Å²) in [5.41, 5.74) is 2.20. The molecule has 2 atom stereocenters. The van der Waals surface area contributed by atoms with E-state index in [1.54, 1.807) is 6.92 Å². The van der Waals surface area contributed by atoms with Gasteiger partial charge in [0.25, 0.3) is 0 Å². The molecule has 2 aromatic rings. The Morgan fingerprint density at radius 2 is 2.14 bits per heavy atom. The summed E-state index contributed by atoms with van der Waals surface area (Å²) in [5.74, 6) is 0.942. The maximum Gasteiger partial charge on any atom is 0.219 e. The first-order valence-corrected chi connectivity index (χ1v) is 10.3. The number of phenolic OH excluding ortho intramolecular Hbond substituents is 1. The summed E-state index contributed by atoms with van der Waals surface area (Å²) < 4.78 is 5.94. The van der Waals surface area contributed by atoms with Crippen LogP contribution in [0.5, 0.6) is 5.75 Å². The minimum atomic E-state index is 0.0664. The van der Waals surface area contributed by atoms with Crippen molar-refractivity contribution >= 4 is 23.3 Å². The summed E-state index contributed by atoms with van der Waals surface area (Å²) in [6.07, 6.45) is 1.64. The lowest BCUT2D eigenvalue weighted by molar-refractivity contribution is -0.132. The number of morpholine rings is 1. The van der Waals surface area contributed by atoms with Crippen LogP contribution >= 0.6 is 11.6 Å². The number of nitrogens with zero attached hydrogens (tertiary/aromatic N) is 4. The van der Waals surface area contributed by atoms with Crippen LogP contribution in [0.2, 0.25) is 5.02 Å². The zero-order valence-corrected chi connectivity index (χ0v) is 17.4. The molecule has 2 aliphatic heterocycles. The van der Waals surface area contributed by atoms with Crippen LogP contribution in [0.25, 0.3) is 11.3 Å². The number of ether oxygens (including phenoxy) is 1. The molecule has 1 aromatic heterocycles. The maximum absolute atomic E-state index is 11.8. The van der Waals surface area contributed by atoms with Crippen molar-refractivity contribution in [2.24, 2.45) is 0 Å². The molecule has 2 fully saturated rings. The van der Waals surface area contributed by atoms with Crippen molar-refractivity contribution in [2.75, 3.05) is 31.1 Å². The van der Waals surface area contributed by atoms with Crippen molar-refractivity contribution < 1.29 is 14.6 Å². The first-order valence-electron chi connectivity index (χ1n) is 9.97. The number of benzene rings is 1. The summed E-state index contributed by atoms with van der Waals surface area (Å²) >= 11 is 6.07. The quantitative estimate of drug-likeness (QED) is 0.828. The van der Waals surface area contributed by atoms with Gasteiger partial charge in [-0.2, -0.15) is 0 Å². The van der Waals surface area contributed by atoms with Gasteiger partial charge in [-0.15, -0.1) is 10.2 Å². The SMILES string of the molecule is CCc1cc(Cl)cc(O)c1-c1ccc(N2CCO[C@@H]3CCN(C(C)=O)C[C@@H]32)nn1. The number of aromatic nitrogens is 2. The fraction of sp³-hybridized carbons (Fsp3) is 0.476. The second-order valence-corrected chi connectivity index (χ2v) is 7.95. The number of hydrogen-bond donors (Lipinski definition) is 1. The van der Waals surface area contributed by atoms with Crippen molar-refractivity contribution in [1.82, 2.24) is 15.1 Å². The van der Waals surface area contributed by atoms with Gasteiger partial charge < -0.3 is 19.6 Å². The van der Waals surface area contributed by atoms with Crippen molar-refractivity contribution in [1.29, 1.82) is 0 Å². The Kier molecular flexibility index (Phi) is 5.61. The van der Waals surface area contributed by atoms with E-state index in [1.165, 1.54) is 6.07 Å². The van der Waals surface area contributed by atoms with Crippen LogP contribution in [0.1, 0.15) is 25.8 Å². The van der Waals surface area contributed by atoms with Gasteiger partial charge in [-0.05, 0) is 42.7 Å². The van der Waals surface area contributed by atoms with Gasteiger partial charge >= 0.3 is 0 Å². The molecule has 1 amide bonds. The molecular formula is C21H25ClN4O3. The van der Waals surface area contributed by atoms with Gasteiger partial charge in [-0.25, -0.2) is 0 Å². The van der Waals surface area contributed by atoms with Gasteiger partial charge in [0.05, 0.1) is 24.4 Å². The number of carbonyl (C=O) groups is 1. The number of fused-ring (bicyclic) bond motifs is 1. The fourth-order valence-corrected chi connectivity index (χ4v) is 4.51. The van der Waals surface area contributed by atoms with Gasteiger partial charge in [0.15, 0.2) is 5.82 Å². The van der Waals surface area contributed by atoms with Gasteiger partial charge in [0.1, 0.15) is 5.75 Å². The van der Waals surface area contributed by atoms with Crippen LogP contribution in [-0.4, -0.2) is 64.5 Å². The molecule has 1 aromatic carbocycles. The number of carbonyl (C=O) groups excluding carboxylic acids is 1. The molecule has 2 aliphatic rings. The molecule has 1 N–H and O–H groups in total. The van der Waals surface area contributed by atoms with Crippen molar-refractivity contribution in [3.63, 3.8) is 0 Å². The van der Waals surface area contributed by atoms with E-state index in [2.05, 4.69) is 15.1 Å². The lowest BCUT2D eigenvalue weighted by Crippen LogP contribution is -2.61. The molecule has 0 spiro atoms. The highest BCUT2D eigenvalue weighted by Gasteiger charge is 2.38. The Balaban J connectivity index is 1.62. The second-order valence-electron chi connectivity index (χ2n) is 7.51. The zero-order chi connectivity index (χ0) is 20.5. The molecule has 4 rings (SSSR count). The zero-order valence-electron chi connectivity index (χ0n) is 16.6. The number of amides is 1. The van der Waals surface area contributed by atoms with E-state index in [0.29, 0.717) is 36.0 Å². The Morgan fingerprint density at radius 1 is 1.31 bits per heavy atom. The molecule has 0 bridgehead atoms. The fourth-order valence-electron chi connectivity index (χ4n) is 4.28. The number of hydrogen-bond acceptors (Lipinski definition) is 6. The Bertz CT molecular complexity index is 906. The number of rotatable bonds is 3. The molecule has 7 nitrogen and oxygen atoms in total. The number of likely N-dealkylation sites (tertiary alicyclic amines) is 1. The Hall–Kier alpha value is -2.38. The van der Waals surface area contributed by atoms with Crippen molar-refractivity contribution in [3.05, 3.63) is 34.9 Å². The van der Waals surface area contributed by atoms with E-state index < -0.39 is 0 Å². The molecule has 8 heteroatoms. The largest absolute Gasteiger partial charge is 0.507 e. The summed E-state index contributed by atoms with van der Waals surface area (Å²) in [4.78, 5) is 15.9. The summed E-state index contributed by atoms with van der Waals surface area (Å²) in [6.45, 7) is 6.29. The smallest absolute Gasteiger partial charge is 0.219 e. The standard InChI is InChI=1S/C21H25ClN4O3/c1-3-14-10-15(22)11-18(28)21(14)16-4-5-20(24-23-16)26-8-9-29-19-6-7-25(13(2)27)12-17(19)26/h4-5,10-11,17,19,28H,3,6-9,12H2,1-2H3/t17-,19+/m0/s1. The predicted molar refractivity (Wildman–Crippen MR) is 111 cm³/mol. The molecule has 0 aliphatic carbocycles. The molecule has 2 saturated heterocycles. The van der Waals surface area contributed by atoms with E-state index in [0.717, 1.165) is 30.8 Å². The van der Waals surface area contributed by atoms with Crippen LogP contribution < -0.4 is 4.90 Å². The second kappa shape index (κ2) is 8.16. The third kappa shape index (κ3) is 3.89. The van der Waals surface area contributed by atoms with E-state index in [-0.39, 0.29) is 23.8 Å². The first kappa shape index (κ1) is 19.9. The normalized spacial score (nSPS) is 21.8. The maximum atomic E-state index is 11.8. The highest BCUT2D eigenvalue weighted by Crippen LogP contribution is 2.35. The Labute approximate surface area is 175 Å². The Morgan fingerprint density at radius 3 is 2.83 bits per heavy atom. The highest BCUT2D eigenvalue weighted by atomic mass is 35.5. The summed E-state index contributed by atoms with van der Waals surface area (Å²) in [5, 5.41) is 19.7. The van der Waals surface area contributed by atoms with Gasteiger partial charge in [0, 0.05) is 37.1 Å². The minimum Gasteiger partial charge on any atom is -0.507 e. The molecule has 0 radical (unpaired) electrons. The predicted octanol–water partition coefficient (Wildman–Crippen LogP) is 2.89. The number of aromatic hydroxyl groups is 1. The number of aryl methyl sites for hydroxylation is 1. The average molecular weight is 417 g/mol. The molecular weight excluding hydrogens is 392 g/mol. The van der Waals surface area contributed by atoms with Gasteiger partial charge in [0.2, 0.25) is 5.91 Å². The first-order chi connectivity index (χ1) is 14.0. The van der Waals surface area contributed by atoms with Crippen LogP contribution in [-0.2, 0) is 16.0 Å². The van der Waals surface area contributed by atoms with Crippen molar-refractivity contribution in [3.8, 4) is 17.0 Å². The third-order valence-electron chi connectivity index (χ3n) is 5.78. The topological polar surface area (TPSA) is 78.8 Å². The van der Waals surface area contributed by atoms with Crippen LogP contribution in [0.3, 0.4) is 0 Å². The molecule has 0 unspecified atom stereocenters. The lowest BCUT2D eigenvalue weighted by atomic mass is 9.98. The molecule has 29 heavy (non-hydrogen) atoms. The van der Waals surface area contributed by atoms with Crippen LogP contribution in [0, 0.1) is 0 Å². The van der Waals surface area contributed by atoms with E-state index in [1.807, 2.05) is 30.0 Å². The van der Waals surface area contributed by atoms with E-state index in [9.17, 15) is 9.90 Å². The van der Waals surface area contributed by atoms with Gasteiger partial charge in [-0.3, -0.25) is 4.79 Å². The van der Waals surface area contributed by atoms with Crippen LogP contribution in [0.4, 0.5) is 5.82 Å². The number of piperidine rings is 1. The molecule has 0 saturated carbocycles. The monoisotopic (exact) mass is 416 g/mol. The average Bonchev–Trinajstić information content (AvgIpc) is 2.72. The summed E-state index contributed by atoms with van der Waals surface area (Å²) in [6, 6.07) is 7.23. The molecule has 3 heterocycles. The third-order valence-corrected chi connectivity index (χ3v) is 5.99. The highest BCUT2D eigenvalue weighted by molar-refractivity contribution is 6.31. The summed E-state index contributed by atoms with van der Waals surface area (Å²) in [7, 11) is 0. The molecule has 154 valence electrons. The number of halogens is 1.